The van der Waals surface area contributed by atoms with Crippen molar-refractivity contribution in [3.63, 3.8) is 0 Å². The zero-order chi connectivity index (χ0) is 15.9. The van der Waals surface area contributed by atoms with Crippen LogP contribution < -0.4 is 5.73 Å². The lowest BCUT2D eigenvalue weighted by Gasteiger charge is -2.25. The molecular formula is C12H21F3N2O3. The minimum atomic E-state index is -4.61. The molecule has 0 spiro atoms. The van der Waals surface area contributed by atoms with E-state index in [4.69, 9.17) is 10.8 Å². The number of nitrogens with two attached hydrogens (primary N) is 1. The molecule has 0 bridgehead atoms. The molecule has 0 aliphatic heterocycles. The fourth-order valence-electron chi connectivity index (χ4n) is 1.77. The van der Waals surface area contributed by atoms with Crippen molar-refractivity contribution in [2.75, 3.05) is 13.1 Å². The molecule has 0 aromatic rings. The van der Waals surface area contributed by atoms with Gasteiger partial charge in [0.05, 0.1) is 0 Å². The van der Waals surface area contributed by atoms with Crippen molar-refractivity contribution in [3.8, 4) is 0 Å². The topological polar surface area (TPSA) is 83.6 Å². The van der Waals surface area contributed by atoms with Gasteiger partial charge in [-0.15, -0.1) is 0 Å². The van der Waals surface area contributed by atoms with Gasteiger partial charge in [0.25, 0.3) is 0 Å². The number of hydrogen-bond donors (Lipinski definition) is 2. The summed E-state index contributed by atoms with van der Waals surface area (Å²) >= 11 is 0. The summed E-state index contributed by atoms with van der Waals surface area (Å²) in [6, 6.07) is -0.0393. The lowest BCUT2D eigenvalue weighted by molar-refractivity contribution is -0.167. The molecule has 118 valence electrons. The Morgan fingerprint density at radius 3 is 2.20 bits per heavy atom. The first-order chi connectivity index (χ1) is 9.03. The van der Waals surface area contributed by atoms with Crippen molar-refractivity contribution in [3.05, 3.63) is 0 Å². The molecule has 0 aromatic carbocycles. The molecule has 0 aliphatic rings. The van der Waals surface area contributed by atoms with Crippen LogP contribution in [0.15, 0.2) is 0 Å². The monoisotopic (exact) mass is 298 g/mol. The number of carbonyl (C=O) groups excluding carboxylic acids is 1. The van der Waals surface area contributed by atoms with Gasteiger partial charge in [0.15, 0.2) is 0 Å². The molecule has 2 unspecified atom stereocenters. The van der Waals surface area contributed by atoms with Crippen LogP contribution in [0.25, 0.3) is 0 Å². The predicted octanol–water partition coefficient (Wildman–Crippen LogP) is 1.62. The summed E-state index contributed by atoms with van der Waals surface area (Å²) in [4.78, 5) is 22.7. The summed E-state index contributed by atoms with van der Waals surface area (Å²) in [5, 5.41) is 8.58. The summed E-state index contributed by atoms with van der Waals surface area (Å²) in [7, 11) is 0. The highest BCUT2D eigenvalue weighted by Gasteiger charge is 2.35. The molecule has 0 heterocycles. The first-order valence-electron chi connectivity index (χ1n) is 6.36. The van der Waals surface area contributed by atoms with Gasteiger partial charge in [-0.1, -0.05) is 13.3 Å². The Morgan fingerprint density at radius 2 is 1.80 bits per heavy atom. The summed E-state index contributed by atoms with van der Waals surface area (Å²) in [5.41, 5.74) is 5.54. The normalized spacial score (nSPS) is 14.7. The maximum atomic E-state index is 12.3. The van der Waals surface area contributed by atoms with Crippen LogP contribution in [0.1, 0.15) is 33.1 Å². The van der Waals surface area contributed by atoms with Crippen LogP contribution in [0, 0.1) is 5.92 Å². The maximum absolute atomic E-state index is 12.3. The molecule has 1 amide bonds. The van der Waals surface area contributed by atoms with E-state index in [9.17, 15) is 22.8 Å². The third-order valence-corrected chi connectivity index (χ3v) is 2.73. The van der Waals surface area contributed by atoms with Gasteiger partial charge in [-0.3, -0.25) is 9.59 Å². The van der Waals surface area contributed by atoms with E-state index in [2.05, 4.69) is 0 Å². The van der Waals surface area contributed by atoms with Crippen LogP contribution in [0.2, 0.25) is 0 Å². The molecule has 3 N–H and O–H groups in total. The zero-order valence-corrected chi connectivity index (χ0v) is 11.6. The second-order valence-electron chi connectivity index (χ2n) is 5.01. The number of aliphatic carboxylic acids is 1. The number of carboxylic acids is 1. The smallest absolute Gasteiger partial charge is 0.406 e. The Bertz CT molecular complexity index is 332. The van der Waals surface area contributed by atoms with Gasteiger partial charge in [0.1, 0.15) is 13.1 Å². The number of alkyl halides is 3. The van der Waals surface area contributed by atoms with Gasteiger partial charge >= 0.3 is 12.1 Å². The Labute approximate surface area is 115 Å². The molecule has 0 rings (SSSR count). The highest BCUT2D eigenvalue weighted by Crippen LogP contribution is 2.19. The molecule has 0 saturated heterocycles. The number of nitrogens with zero attached hydrogens (tertiary/aromatic N) is 1. The van der Waals surface area contributed by atoms with Crippen molar-refractivity contribution in [2.24, 2.45) is 11.7 Å². The Hall–Kier alpha value is -1.31. The van der Waals surface area contributed by atoms with E-state index in [0.717, 1.165) is 0 Å². The summed E-state index contributed by atoms with van der Waals surface area (Å²) in [5.74, 6) is -2.92. The number of carbonyl (C=O) groups is 2. The van der Waals surface area contributed by atoms with E-state index in [1.807, 2.05) is 0 Å². The second-order valence-corrected chi connectivity index (χ2v) is 5.01. The van der Waals surface area contributed by atoms with Crippen molar-refractivity contribution < 1.29 is 27.9 Å². The van der Waals surface area contributed by atoms with Gasteiger partial charge in [0, 0.05) is 12.0 Å². The third kappa shape index (κ3) is 8.73. The largest absolute Gasteiger partial charge is 0.480 e. The van der Waals surface area contributed by atoms with Gasteiger partial charge in [0.2, 0.25) is 5.91 Å². The molecule has 0 radical (unpaired) electrons. The van der Waals surface area contributed by atoms with Crippen LogP contribution in [-0.2, 0) is 9.59 Å². The number of carboxylic acid groups (broad SMARTS) is 1. The average Bonchev–Trinajstić information content (AvgIpc) is 2.23. The first kappa shape index (κ1) is 18.7. The maximum Gasteiger partial charge on any atom is 0.406 e. The van der Waals surface area contributed by atoms with E-state index >= 15 is 0 Å². The van der Waals surface area contributed by atoms with Gasteiger partial charge in [-0.25, -0.2) is 0 Å². The molecule has 20 heavy (non-hydrogen) atoms. The van der Waals surface area contributed by atoms with Crippen LogP contribution in [0.4, 0.5) is 13.2 Å². The Kier molecular flexibility index (Phi) is 7.55. The summed E-state index contributed by atoms with van der Waals surface area (Å²) in [6.45, 7) is 0.799. The average molecular weight is 298 g/mol. The quantitative estimate of drug-likeness (QED) is 0.713. The lowest BCUT2D eigenvalue weighted by Crippen LogP contribution is -2.44. The minimum Gasteiger partial charge on any atom is -0.480 e. The number of halogens is 3. The number of rotatable bonds is 8. The highest BCUT2D eigenvalue weighted by atomic mass is 19.4. The molecule has 5 nitrogen and oxygen atoms in total. The molecule has 0 fully saturated rings. The Balaban J connectivity index is 4.55. The standard InChI is InChI=1S/C12H21F3N2O3/c1-8(4-3-5-9(2)16)11(20)17(6-10(18)19)7-12(13,14)15/h8-9H,3-7,16H2,1-2H3,(H,18,19). The van der Waals surface area contributed by atoms with Crippen molar-refractivity contribution in [1.82, 2.24) is 4.90 Å². The molecular weight excluding hydrogens is 277 g/mol. The van der Waals surface area contributed by atoms with Crippen LogP contribution in [-0.4, -0.2) is 47.2 Å². The van der Waals surface area contributed by atoms with Gasteiger partial charge < -0.3 is 15.7 Å². The van der Waals surface area contributed by atoms with E-state index in [1.54, 1.807) is 6.92 Å². The molecule has 8 heteroatoms. The van der Waals surface area contributed by atoms with Crippen LogP contribution in [0.5, 0.6) is 0 Å². The fraction of sp³-hybridized carbons (Fsp3) is 0.833. The second kappa shape index (κ2) is 8.08. The van der Waals surface area contributed by atoms with Crippen molar-refractivity contribution in [2.45, 2.75) is 45.3 Å². The Morgan fingerprint density at radius 1 is 1.25 bits per heavy atom. The highest BCUT2D eigenvalue weighted by molar-refractivity contribution is 5.82. The van der Waals surface area contributed by atoms with Crippen LogP contribution >= 0.6 is 0 Å². The van der Waals surface area contributed by atoms with Gasteiger partial charge in [-0.2, -0.15) is 13.2 Å². The SMILES string of the molecule is CC(N)CCCC(C)C(=O)N(CC(=O)O)CC(F)(F)F. The first-order valence-corrected chi connectivity index (χ1v) is 6.36. The predicted molar refractivity (Wildman–Crippen MR) is 66.9 cm³/mol. The van der Waals surface area contributed by atoms with E-state index in [-0.39, 0.29) is 6.04 Å². The molecule has 0 saturated carbocycles. The fourth-order valence-corrected chi connectivity index (χ4v) is 1.77. The summed E-state index contributed by atoms with van der Waals surface area (Å²) in [6.07, 6.45) is -2.96. The minimum absolute atomic E-state index is 0.0393. The van der Waals surface area contributed by atoms with Crippen LogP contribution in [0.3, 0.4) is 0 Å². The van der Waals surface area contributed by atoms with E-state index in [1.165, 1.54) is 6.92 Å². The number of hydrogen-bond acceptors (Lipinski definition) is 3. The summed E-state index contributed by atoms with van der Waals surface area (Å²) < 4.78 is 37.0. The number of amides is 1. The molecule has 0 aromatic heterocycles. The molecule has 0 aliphatic carbocycles. The zero-order valence-electron chi connectivity index (χ0n) is 11.6. The van der Waals surface area contributed by atoms with Crippen molar-refractivity contribution >= 4 is 11.9 Å². The lowest BCUT2D eigenvalue weighted by atomic mass is 10.0. The molecule has 2 atom stereocenters. The van der Waals surface area contributed by atoms with Crippen molar-refractivity contribution in [1.29, 1.82) is 0 Å². The van der Waals surface area contributed by atoms with E-state index < -0.39 is 37.1 Å². The third-order valence-electron chi connectivity index (χ3n) is 2.73. The van der Waals surface area contributed by atoms with Gasteiger partial charge in [-0.05, 0) is 19.8 Å². The van der Waals surface area contributed by atoms with E-state index in [0.29, 0.717) is 24.2 Å².